The second kappa shape index (κ2) is 8.60. The molecule has 4 rings (SSSR count). The number of benzene rings is 1. The highest BCUT2D eigenvalue weighted by Crippen LogP contribution is 2.36. The van der Waals surface area contributed by atoms with Gasteiger partial charge in [0.15, 0.2) is 0 Å². The van der Waals surface area contributed by atoms with E-state index < -0.39 is 5.41 Å². The van der Waals surface area contributed by atoms with Gasteiger partial charge in [-0.3, -0.25) is 9.78 Å². The van der Waals surface area contributed by atoms with Crippen molar-refractivity contribution in [2.24, 2.45) is 5.41 Å². The van der Waals surface area contributed by atoms with Gasteiger partial charge in [0.2, 0.25) is 0 Å². The molecule has 0 bridgehead atoms. The zero-order valence-corrected chi connectivity index (χ0v) is 17.3. The van der Waals surface area contributed by atoms with Crippen molar-refractivity contribution in [3.63, 3.8) is 0 Å². The van der Waals surface area contributed by atoms with E-state index in [-0.39, 0.29) is 11.7 Å². The number of halogens is 1. The zero-order valence-electron chi connectivity index (χ0n) is 17.3. The molecule has 1 aliphatic rings. The van der Waals surface area contributed by atoms with Crippen molar-refractivity contribution in [1.29, 1.82) is 5.26 Å². The van der Waals surface area contributed by atoms with Crippen molar-refractivity contribution in [3.05, 3.63) is 77.6 Å². The molecule has 7 heteroatoms. The molecule has 1 aromatic carbocycles. The number of nitriles is 1. The Labute approximate surface area is 180 Å². The van der Waals surface area contributed by atoms with Gasteiger partial charge in [-0.2, -0.15) is 5.26 Å². The van der Waals surface area contributed by atoms with Gasteiger partial charge in [-0.15, -0.1) is 0 Å². The molecule has 1 amide bonds. The summed E-state index contributed by atoms with van der Waals surface area (Å²) in [6.07, 6.45) is 5.98. The molecule has 156 valence electrons. The van der Waals surface area contributed by atoms with Crippen LogP contribution < -0.4 is 0 Å². The van der Waals surface area contributed by atoms with Crippen LogP contribution in [0.2, 0.25) is 0 Å². The average Bonchev–Trinajstić information content (AvgIpc) is 2.81. The first-order valence-electron chi connectivity index (χ1n) is 10.2. The van der Waals surface area contributed by atoms with E-state index in [1.165, 1.54) is 12.4 Å². The Morgan fingerprint density at radius 3 is 2.68 bits per heavy atom. The van der Waals surface area contributed by atoms with Crippen LogP contribution >= 0.6 is 0 Å². The Bertz CT molecular complexity index is 1130. The number of aryl methyl sites for hydroxylation is 1. The number of nitrogens with zero attached hydrogens (tertiary/aromatic N) is 5. The van der Waals surface area contributed by atoms with Gasteiger partial charge in [-0.1, -0.05) is 12.1 Å². The third-order valence-corrected chi connectivity index (χ3v) is 5.85. The molecule has 3 heterocycles. The molecule has 1 saturated heterocycles. The first kappa shape index (κ1) is 20.6. The Morgan fingerprint density at radius 1 is 1.19 bits per heavy atom. The molecule has 0 spiro atoms. The van der Waals surface area contributed by atoms with E-state index in [0.29, 0.717) is 54.9 Å². The maximum absolute atomic E-state index is 14.4. The first-order chi connectivity index (χ1) is 15.0. The second-order valence-corrected chi connectivity index (χ2v) is 7.95. The summed E-state index contributed by atoms with van der Waals surface area (Å²) in [4.78, 5) is 27.5. The Kier molecular flexibility index (Phi) is 5.72. The lowest BCUT2D eigenvalue weighted by atomic mass is 9.75. The van der Waals surface area contributed by atoms with Crippen LogP contribution in [-0.4, -0.2) is 38.8 Å². The van der Waals surface area contributed by atoms with Gasteiger partial charge in [0, 0.05) is 25.5 Å². The van der Waals surface area contributed by atoms with Gasteiger partial charge in [0.1, 0.15) is 17.8 Å². The number of likely N-dealkylation sites (tertiary alicyclic amines) is 1. The molecule has 2 aromatic heterocycles. The van der Waals surface area contributed by atoms with Gasteiger partial charge < -0.3 is 4.90 Å². The summed E-state index contributed by atoms with van der Waals surface area (Å²) in [5.74, 6) is -0.423. The van der Waals surface area contributed by atoms with E-state index in [4.69, 9.17) is 0 Å². The molecule has 0 aliphatic carbocycles. The number of hydrogen-bond donors (Lipinski definition) is 0. The summed E-state index contributed by atoms with van der Waals surface area (Å²) in [7, 11) is 0. The maximum atomic E-state index is 14.4. The van der Waals surface area contributed by atoms with E-state index in [2.05, 4.69) is 21.0 Å². The van der Waals surface area contributed by atoms with E-state index >= 15 is 0 Å². The molecule has 6 nitrogen and oxygen atoms in total. The van der Waals surface area contributed by atoms with Crippen LogP contribution in [0.3, 0.4) is 0 Å². The number of carbonyl (C=O) groups is 1. The highest BCUT2D eigenvalue weighted by Gasteiger charge is 2.37. The fourth-order valence-corrected chi connectivity index (χ4v) is 4.01. The Morgan fingerprint density at radius 2 is 2.00 bits per heavy atom. The van der Waals surface area contributed by atoms with E-state index in [0.717, 1.165) is 5.56 Å². The number of carbonyl (C=O) groups excluding carboxylic acids is 1. The SMILES string of the molecule is Cc1ccc(CC2(C#N)CCN(C(=O)c3cccnc3-c3ccncn3)CC2)c(F)c1. The number of piperidine rings is 1. The van der Waals surface area contributed by atoms with Crippen LogP contribution in [-0.2, 0) is 6.42 Å². The van der Waals surface area contributed by atoms with Gasteiger partial charge in [0.25, 0.3) is 5.91 Å². The molecule has 0 N–H and O–H groups in total. The summed E-state index contributed by atoms with van der Waals surface area (Å²) >= 11 is 0. The Hall–Kier alpha value is -3.66. The standard InChI is InChI=1S/C24H22FN5O/c1-17-4-5-18(20(25)13-17)14-24(15-26)7-11-30(12-8-24)23(31)19-3-2-9-28-22(19)21-6-10-27-16-29-21/h2-6,9-10,13,16H,7-8,11-12,14H2,1H3. The second-order valence-electron chi connectivity index (χ2n) is 7.95. The van der Waals surface area contributed by atoms with Crippen LogP contribution in [0.5, 0.6) is 0 Å². The zero-order chi connectivity index (χ0) is 21.8. The molecule has 0 radical (unpaired) electrons. The third kappa shape index (κ3) is 4.29. The largest absolute Gasteiger partial charge is 0.338 e. The van der Waals surface area contributed by atoms with Crippen molar-refractivity contribution in [3.8, 4) is 17.5 Å². The molecule has 1 aliphatic heterocycles. The topological polar surface area (TPSA) is 82.8 Å². The predicted octanol–water partition coefficient (Wildman–Crippen LogP) is 3.97. The van der Waals surface area contributed by atoms with Crippen molar-refractivity contribution >= 4 is 5.91 Å². The van der Waals surface area contributed by atoms with E-state index in [1.54, 1.807) is 41.6 Å². The molecule has 3 aromatic rings. The highest BCUT2D eigenvalue weighted by atomic mass is 19.1. The number of amides is 1. The van der Waals surface area contributed by atoms with Crippen LogP contribution in [0.1, 0.15) is 34.3 Å². The van der Waals surface area contributed by atoms with Gasteiger partial charge in [-0.25, -0.2) is 14.4 Å². The monoisotopic (exact) mass is 415 g/mol. The molecule has 0 atom stereocenters. The summed E-state index contributed by atoms with van der Waals surface area (Å²) < 4.78 is 14.4. The molecular weight excluding hydrogens is 393 g/mol. The van der Waals surface area contributed by atoms with Crippen molar-refractivity contribution < 1.29 is 9.18 Å². The smallest absolute Gasteiger partial charge is 0.256 e. The molecule has 31 heavy (non-hydrogen) atoms. The minimum Gasteiger partial charge on any atom is -0.338 e. The molecular formula is C24H22FN5O. The molecule has 0 saturated carbocycles. The minimum absolute atomic E-state index is 0.144. The minimum atomic E-state index is -0.683. The van der Waals surface area contributed by atoms with Crippen LogP contribution in [0.25, 0.3) is 11.4 Å². The van der Waals surface area contributed by atoms with Crippen LogP contribution in [0.15, 0.2) is 55.1 Å². The lowest BCUT2D eigenvalue weighted by molar-refractivity contribution is 0.0647. The number of aromatic nitrogens is 3. The summed E-state index contributed by atoms with van der Waals surface area (Å²) in [6, 6.07) is 12.7. The van der Waals surface area contributed by atoms with E-state index in [9.17, 15) is 14.4 Å². The van der Waals surface area contributed by atoms with Gasteiger partial charge in [-0.05, 0) is 61.6 Å². The van der Waals surface area contributed by atoms with Crippen LogP contribution in [0, 0.1) is 29.5 Å². The van der Waals surface area contributed by atoms with Crippen molar-refractivity contribution in [2.75, 3.05) is 13.1 Å². The number of pyridine rings is 1. The molecule has 0 unspecified atom stereocenters. The van der Waals surface area contributed by atoms with Gasteiger partial charge in [0.05, 0.1) is 22.7 Å². The van der Waals surface area contributed by atoms with E-state index in [1.807, 2.05) is 13.0 Å². The van der Waals surface area contributed by atoms with Crippen LogP contribution in [0.4, 0.5) is 4.39 Å². The molecule has 1 fully saturated rings. The average molecular weight is 415 g/mol. The third-order valence-electron chi connectivity index (χ3n) is 5.85. The number of hydrogen-bond acceptors (Lipinski definition) is 5. The summed E-state index contributed by atoms with van der Waals surface area (Å²) in [5.41, 5.74) is 2.27. The lowest BCUT2D eigenvalue weighted by Crippen LogP contribution is -2.43. The summed E-state index contributed by atoms with van der Waals surface area (Å²) in [6.45, 7) is 2.70. The van der Waals surface area contributed by atoms with Crippen molar-refractivity contribution in [1.82, 2.24) is 19.9 Å². The highest BCUT2D eigenvalue weighted by molar-refractivity contribution is 5.99. The fourth-order valence-electron chi connectivity index (χ4n) is 4.01. The lowest BCUT2D eigenvalue weighted by Gasteiger charge is -2.37. The first-order valence-corrected chi connectivity index (χ1v) is 10.2. The maximum Gasteiger partial charge on any atom is 0.256 e. The van der Waals surface area contributed by atoms with Crippen molar-refractivity contribution in [2.45, 2.75) is 26.2 Å². The fraction of sp³-hybridized carbons (Fsp3) is 0.292. The number of rotatable bonds is 4. The quantitative estimate of drug-likeness (QED) is 0.644. The Balaban J connectivity index is 1.51. The summed E-state index contributed by atoms with van der Waals surface area (Å²) in [5, 5.41) is 9.88. The van der Waals surface area contributed by atoms with Gasteiger partial charge >= 0.3 is 0 Å². The predicted molar refractivity (Wildman–Crippen MR) is 113 cm³/mol. The normalized spacial score (nSPS) is 15.3.